The quantitative estimate of drug-likeness (QED) is 0.800. The average molecular weight is 233 g/mol. The number of Topliss-reactive ketones (excluding diaryl/α,β-unsaturated/α-hetero) is 1. The molecule has 4 nitrogen and oxygen atoms in total. The lowest BCUT2D eigenvalue weighted by Gasteiger charge is -2.19. The summed E-state index contributed by atoms with van der Waals surface area (Å²) in [6.45, 7) is 3.92. The second-order valence-corrected chi connectivity index (χ2v) is 4.39. The molecule has 0 spiro atoms. The van der Waals surface area contributed by atoms with Gasteiger partial charge in [-0.1, -0.05) is 12.1 Å². The largest absolute Gasteiger partial charge is 0.393 e. The fraction of sp³-hybridized carbons (Fsp3) is 0.385. The predicted molar refractivity (Wildman–Crippen MR) is 64.2 cm³/mol. The van der Waals surface area contributed by atoms with Crippen LogP contribution in [0.5, 0.6) is 0 Å². The number of aliphatic hydroxyl groups excluding tert-OH is 1. The van der Waals surface area contributed by atoms with E-state index in [1.165, 1.54) is 4.90 Å². The van der Waals surface area contributed by atoms with E-state index in [1.807, 2.05) is 13.0 Å². The van der Waals surface area contributed by atoms with Crippen LogP contribution in [0.15, 0.2) is 18.2 Å². The van der Waals surface area contributed by atoms with Crippen LogP contribution >= 0.6 is 0 Å². The summed E-state index contributed by atoms with van der Waals surface area (Å²) in [5.74, 6) is -0.941. The Kier molecular flexibility index (Phi) is 2.98. The molecule has 0 saturated heterocycles. The zero-order valence-corrected chi connectivity index (χ0v) is 9.93. The van der Waals surface area contributed by atoms with Gasteiger partial charge in [0.25, 0.3) is 11.7 Å². The number of amides is 1. The zero-order valence-electron chi connectivity index (χ0n) is 9.93. The van der Waals surface area contributed by atoms with Crippen molar-refractivity contribution in [3.05, 3.63) is 29.3 Å². The van der Waals surface area contributed by atoms with Crippen molar-refractivity contribution in [1.82, 2.24) is 0 Å². The monoisotopic (exact) mass is 233 g/mol. The van der Waals surface area contributed by atoms with E-state index >= 15 is 0 Å². The van der Waals surface area contributed by atoms with E-state index in [0.29, 0.717) is 24.2 Å². The maximum atomic E-state index is 11.8. The summed E-state index contributed by atoms with van der Waals surface area (Å²) in [6, 6.07) is 5.32. The minimum absolute atomic E-state index is 0.375. The summed E-state index contributed by atoms with van der Waals surface area (Å²) in [5, 5.41) is 9.26. The number of aliphatic hydroxyl groups is 1. The minimum Gasteiger partial charge on any atom is -0.393 e. The molecule has 1 heterocycles. The van der Waals surface area contributed by atoms with Crippen molar-refractivity contribution in [2.45, 2.75) is 26.4 Å². The molecule has 1 N–H and O–H groups in total. The highest BCUT2D eigenvalue weighted by Crippen LogP contribution is 2.32. The molecule has 90 valence electrons. The fourth-order valence-corrected chi connectivity index (χ4v) is 2.07. The molecule has 0 bridgehead atoms. The third-order valence-corrected chi connectivity index (χ3v) is 2.96. The van der Waals surface area contributed by atoms with Gasteiger partial charge in [-0.25, -0.2) is 0 Å². The van der Waals surface area contributed by atoms with Gasteiger partial charge in [0.05, 0.1) is 17.4 Å². The van der Waals surface area contributed by atoms with Crippen LogP contribution in [0.1, 0.15) is 29.3 Å². The van der Waals surface area contributed by atoms with Crippen molar-refractivity contribution in [3.63, 3.8) is 0 Å². The molecule has 0 radical (unpaired) electrons. The molecule has 0 aliphatic carbocycles. The number of carbonyl (C=O) groups excluding carboxylic acids is 2. The number of rotatable bonds is 3. The van der Waals surface area contributed by atoms with Crippen molar-refractivity contribution >= 4 is 17.4 Å². The SMILES string of the molecule is Cc1cccc2c1N(CCC(C)O)C(=O)C2=O. The van der Waals surface area contributed by atoms with Crippen molar-refractivity contribution in [3.8, 4) is 0 Å². The van der Waals surface area contributed by atoms with Gasteiger partial charge < -0.3 is 10.0 Å². The van der Waals surface area contributed by atoms with E-state index < -0.39 is 17.8 Å². The number of benzene rings is 1. The van der Waals surface area contributed by atoms with Gasteiger partial charge >= 0.3 is 0 Å². The Labute approximate surface area is 99.9 Å². The van der Waals surface area contributed by atoms with E-state index in [-0.39, 0.29) is 0 Å². The Hall–Kier alpha value is -1.68. The van der Waals surface area contributed by atoms with Crippen LogP contribution in [0.3, 0.4) is 0 Å². The van der Waals surface area contributed by atoms with Crippen LogP contribution in [-0.2, 0) is 4.79 Å². The molecule has 4 heteroatoms. The zero-order chi connectivity index (χ0) is 12.6. The van der Waals surface area contributed by atoms with Crippen LogP contribution in [0.2, 0.25) is 0 Å². The highest BCUT2D eigenvalue weighted by atomic mass is 16.3. The third-order valence-electron chi connectivity index (χ3n) is 2.96. The molecular weight excluding hydrogens is 218 g/mol. The molecular formula is C13H15NO3. The second kappa shape index (κ2) is 4.30. The number of hydrogen-bond donors (Lipinski definition) is 1. The van der Waals surface area contributed by atoms with Crippen molar-refractivity contribution in [2.24, 2.45) is 0 Å². The smallest absolute Gasteiger partial charge is 0.299 e. The summed E-state index contributed by atoms with van der Waals surface area (Å²) in [7, 11) is 0. The number of ketones is 1. The van der Waals surface area contributed by atoms with Crippen molar-refractivity contribution in [1.29, 1.82) is 0 Å². The van der Waals surface area contributed by atoms with Gasteiger partial charge in [-0.15, -0.1) is 0 Å². The summed E-state index contributed by atoms with van der Waals surface area (Å²) in [4.78, 5) is 25.0. The summed E-state index contributed by atoms with van der Waals surface area (Å²) >= 11 is 0. The van der Waals surface area contributed by atoms with Gasteiger partial charge in [0, 0.05) is 6.54 Å². The van der Waals surface area contributed by atoms with Gasteiger partial charge in [0.15, 0.2) is 0 Å². The second-order valence-electron chi connectivity index (χ2n) is 4.39. The molecule has 0 fully saturated rings. The Morgan fingerprint density at radius 1 is 1.35 bits per heavy atom. The molecule has 1 unspecified atom stereocenters. The molecule has 1 aromatic carbocycles. The first-order chi connectivity index (χ1) is 8.02. The minimum atomic E-state index is -0.491. The number of hydrogen-bond acceptors (Lipinski definition) is 3. The Morgan fingerprint density at radius 3 is 2.71 bits per heavy atom. The van der Waals surface area contributed by atoms with Crippen LogP contribution in [-0.4, -0.2) is 29.4 Å². The highest BCUT2D eigenvalue weighted by molar-refractivity contribution is 6.52. The number of carbonyl (C=O) groups is 2. The van der Waals surface area contributed by atoms with Gasteiger partial charge in [0.1, 0.15) is 0 Å². The van der Waals surface area contributed by atoms with Gasteiger partial charge in [-0.2, -0.15) is 0 Å². The Balaban J connectivity index is 2.36. The molecule has 0 saturated carbocycles. The van der Waals surface area contributed by atoms with Crippen LogP contribution in [0, 0.1) is 6.92 Å². The highest BCUT2D eigenvalue weighted by Gasteiger charge is 2.36. The molecule has 1 aromatic rings. The number of fused-ring (bicyclic) bond motifs is 1. The normalized spacial score (nSPS) is 16.3. The van der Waals surface area contributed by atoms with E-state index in [2.05, 4.69) is 0 Å². The molecule has 1 aliphatic rings. The average Bonchev–Trinajstić information content (AvgIpc) is 2.52. The number of aryl methyl sites for hydroxylation is 1. The van der Waals surface area contributed by atoms with Crippen molar-refractivity contribution < 1.29 is 14.7 Å². The Bertz CT molecular complexity index is 480. The van der Waals surface area contributed by atoms with E-state index in [4.69, 9.17) is 0 Å². The number of anilines is 1. The maximum Gasteiger partial charge on any atom is 0.299 e. The molecule has 0 aromatic heterocycles. The standard InChI is InChI=1S/C13H15NO3/c1-8-4-3-5-10-11(8)14(7-6-9(2)15)13(17)12(10)16/h3-5,9,15H,6-7H2,1-2H3. The van der Waals surface area contributed by atoms with Crippen molar-refractivity contribution in [2.75, 3.05) is 11.4 Å². The molecule has 2 rings (SSSR count). The third kappa shape index (κ3) is 1.96. The topological polar surface area (TPSA) is 57.6 Å². The Morgan fingerprint density at radius 2 is 2.06 bits per heavy atom. The van der Waals surface area contributed by atoms with E-state index in [9.17, 15) is 14.7 Å². The van der Waals surface area contributed by atoms with E-state index in [1.54, 1.807) is 19.1 Å². The van der Waals surface area contributed by atoms with Crippen LogP contribution in [0.25, 0.3) is 0 Å². The summed E-state index contributed by atoms with van der Waals surface area (Å²) in [5.41, 5.74) is 2.08. The van der Waals surface area contributed by atoms with Gasteiger partial charge in [-0.05, 0) is 31.9 Å². The van der Waals surface area contributed by atoms with Crippen LogP contribution in [0.4, 0.5) is 5.69 Å². The molecule has 17 heavy (non-hydrogen) atoms. The number of para-hydroxylation sites is 1. The lowest BCUT2D eigenvalue weighted by Crippen LogP contribution is -2.32. The molecule has 1 amide bonds. The lowest BCUT2D eigenvalue weighted by atomic mass is 10.1. The van der Waals surface area contributed by atoms with Gasteiger partial charge in [0.2, 0.25) is 0 Å². The first kappa shape index (κ1) is 11.8. The summed E-state index contributed by atoms with van der Waals surface area (Å²) < 4.78 is 0. The fourth-order valence-electron chi connectivity index (χ4n) is 2.07. The number of nitrogens with zero attached hydrogens (tertiary/aromatic N) is 1. The lowest BCUT2D eigenvalue weighted by molar-refractivity contribution is -0.114. The van der Waals surface area contributed by atoms with E-state index in [0.717, 1.165) is 5.56 Å². The first-order valence-electron chi connectivity index (χ1n) is 5.66. The van der Waals surface area contributed by atoms with Crippen LogP contribution < -0.4 is 4.90 Å². The molecule has 1 atom stereocenters. The maximum absolute atomic E-state index is 11.8. The molecule has 1 aliphatic heterocycles. The first-order valence-corrected chi connectivity index (χ1v) is 5.66. The predicted octanol–water partition coefficient (Wildman–Crippen LogP) is 1.30. The summed E-state index contributed by atoms with van der Waals surface area (Å²) in [6.07, 6.45) is -0.0155. The van der Waals surface area contributed by atoms with Gasteiger partial charge in [-0.3, -0.25) is 9.59 Å².